The summed E-state index contributed by atoms with van der Waals surface area (Å²) in [6.45, 7) is 0.875. The molecule has 136 valence electrons. The molecule has 2 heterocycles. The van der Waals surface area contributed by atoms with E-state index in [9.17, 15) is 9.59 Å². The molecule has 0 saturated carbocycles. The molecule has 1 aromatic carbocycles. The molecule has 6 nitrogen and oxygen atoms in total. The fourth-order valence-corrected chi connectivity index (χ4v) is 2.52. The lowest BCUT2D eigenvalue weighted by Crippen LogP contribution is -2.28. The topological polar surface area (TPSA) is 84.0 Å². The smallest absolute Gasteiger partial charge is 0.270 e. The molecule has 0 aliphatic heterocycles. The third kappa shape index (κ3) is 5.47. The molecule has 3 rings (SSSR count). The fourth-order valence-electron chi connectivity index (χ4n) is 2.52. The lowest BCUT2D eigenvalue weighted by Gasteiger charge is -2.07. The van der Waals surface area contributed by atoms with Crippen molar-refractivity contribution in [3.05, 3.63) is 95.6 Å². The summed E-state index contributed by atoms with van der Waals surface area (Å²) in [6.07, 6.45) is 4.07. The molecular formula is C21H20N4O2. The number of pyridine rings is 2. The second-order valence-corrected chi connectivity index (χ2v) is 5.94. The number of hydrogen-bond acceptors (Lipinski definition) is 4. The van der Waals surface area contributed by atoms with Crippen molar-refractivity contribution < 1.29 is 9.59 Å². The van der Waals surface area contributed by atoms with Gasteiger partial charge in [-0.3, -0.25) is 14.6 Å². The number of benzene rings is 1. The lowest BCUT2D eigenvalue weighted by molar-refractivity contribution is 0.0943. The quantitative estimate of drug-likeness (QED) is 0.678. The number of carbonyl (C=O) groups excluding carboxylic acids is 2. The Morgan fingerprint density at radius 1 is 0.741 bits per heavy atom. The van der Waals surface area contributed by atoms with Crippen molar-refractivity contribution in [2.45, 2.75) is 13.0 Å². The Balaban J connectivity index is 1.54. The summed E-state index contributed by atoms with van der Waals surface area (Å²) < 4.78 is 0. The van der Waals surface area contributed by atoms with Gasteiger partial charge in [-0.25, -0.2) is 4.98 Å². The average molecular weight is 360 g/mol. The molecule has 2 N–H and O–H groups in total. The highest BCUT2D eigenvalue weighted by molar-refractivity contribution is 5.96. The maximum atomic E-state index is 12.3. The minimum Gasteiger partial charge on any atom is -0.350 e. The van der Waals surface area contributed by atoms with Crippen LogP contribution in [0, 0.1) is 0 Å². The van der Waals surface area contributed by atoms with Crippen molar-refractivity contribution in [3.63, 3.8) is 0 Å². The SMILES string of the molecule is O=C(NCCc1ccccc1)c1cccc(C(=O)NCc2ccncc2)n1. The summed E-state index contributed by atoms with van der Waals surface area (Å²) in [5, 5.41) is 5.62. The van der Waals surface area contributed by atoms with Gasteiger partial charge in [0.2, 0.25) is 0 Å². The molecule has 0 spiro atoms. The molecule has 2 amide bonds. The highest BCUT2D eigenvalue weighted by Crippen LogP contribution is 2.03. The van der Waals surface area contributed by atoms with Gasteiger partial charge in [0.05, 0.1) is 0 Å². The van der Waals surface area contributed by atoms with E-state index in [1.807, 2.05) is 42.5 Å². The standard InChI is InChI=1S/C21H20N4O2/c26-20(23-14-11-16-5-2-1-3-6-16)18-7-4-8-19(25-18)21(27)24-15-17-9-12-22-13-10-17/h1-10,12-13H,11,14-15H2,(H,23,26)(H,24,27). The minimum absolute atomic E-state index is 0.208. The van der Waals surface area contributed by atoms with Crippen molar-refractivity contribution in [3.8, 4) is 0 Å². The highest BCUT2D eigenvalue weighted by Gasteiger charge is 2.12. The van der Waals surface area contributed by atoms with Crippen molar-refractivity contribution in [2.75, 3.05) is 6.54 Å². The molecule has 3 aromatic rings. The van der Waals surface area contributed by atoms with Crippen LogP contribution in [0.4, 0.5) is 0 Å². The van der Waals surface area contributed by atoms with Crippen molar-refractivity contribution >= 4 is 11.8 Å². The zero-order chi connectivity index (χ0) is 18.9. The second-order valence-electron chi connectivity index (χ2n) is 5.94. The fraction of sp³-hybridized carbons (Fsp3) is 0.143. The van der Waals surface area contributed by atoms with Crippen LogP contribution in [0.25, 0.3) is 0 Å². The van der Waals surface area contributed by atoms with Gasteiger partial charge in [-0.05, 0) is 41.8 Å². The molecule has 0 atom stereocenters. The number of hydrogen-bond donors (Lipinski definition) is 2. The van der Waals surface area contributed by atoms with E-state index < -0.39 is 0 Å². The largest absolute Gasteiger partial charge is 0.350 e. The molecule has 6 heteroatoms. The van der Waals surface area contributed by atoms with Crippen molar-refractivity contribution in [1.29, 1.82) is 0 Å². The zero-order valence-corrected chi connectivity index (χ0v) is 14.8. The van der Waals surface area contributed by atoms with Crippen LogP contribution < -0.4 is 10.6 Å². The molecule has 0 fully saturated rings. The van der Waals surface area contributed by atoms with Gasteiger partial charge >= 0.3 is 0 Å². The number of nitrogens with one attached hydrogen (secondary N) is 2. The summed E-state index contributed by atoms with van der Waals surface area (Å²) in [5.41, 5.74) is 2.52. The van der Waals surface area contributed by atoms with Gasteiger partial charge in [-0.2, -0.15) is 0 Å². The van der Waals surface area contributed by atoms with Gasteiger partial charge in [-0.1, -0.05) is 36.4 Å². The van der Waals surface area contributed by atoms with Crippen LogP contribution in [0.3, 0.4) is 0 Å². The van der Waals surface area contributed by atoms with Gasteiger partial charge in [0, 0.05) is 25.5 Å². The number of nitrogens with zero attached hydrogens (tertiary/aromatic N) is 2. The van der Waals surface area contributed by atoms with Crippen molar-refractivity contribution in [2.24, 2.45) is 0 Å². The molecular weight excluding hydrogens is 340 g/mol. The number of carbonyl (C=O) groups is 2. The van der Waals surface area contributed by atoms with Crippen LogP contribution in [-0.2, 0) is 13.0 Å². The maximum absolute atomic E-state index is 12.3. The highest BCUT2D eigenvalue weighted by atomic mass is 16.2. The first-order valence-electron chi connectivity index (χ1n) is 8.68. The van der Waals surface area contributed by atoms with E-state index >= 15 is 0 Å². The molecule has 0 unspecified atom stereocenters. The van der Waals surface area contributed by atoms with E-state index in [0.717, 1.165) is 17.5 Å². The Morgan fingerprint density at radius 2 is 1.41 bits per heavy atom. The average Bonchev–Trinajstić information content (AvgIpc) is 2.73. The van der Waals surface area contributed by atoms with E-state index in [0.29, 0.717) is 13.1 Å². The third-order valence-electron chi connectivity index (χ3n) is 3.96. The summed E-state index contributed by atoms with van der Waals surface area (Å²) in [4.78, 5) is 32.7. The summed E-state index contributed by atoms with van der Waals surface area (Å²) in [5.74, 6) is -0.625. The Bertz CT molecular complexity index is 898. The van der Waals surface area contributed by atoms with Gasteiger partial charge in [0.1, 0.15) is 11.4 Å². The molecule has 27 heavy (non-hydrogen) atoms. The van der Waals surface area contributed by atoms with Gasteiger partial charge in [0.25, 0.3) is 11.8 Å². The third-order valence-corrected chi connectivity index (χ3v) is 3.96. The van der Waals surface area contributed by atoms with Crippen molar-refractivity contribution in [1.82, 2.24) is 20.6 Å². The Kier molecular flexibility index (Phi) is 6.25. The summed E-state index contributed by atoms with van der Waals surface area (Å²) in [6, 6.07) is 18.4. The van der Waals surface area contributed by atoms with Gasteiger partial charge in [0.15, 0.2) is 0 Å². The maximum Gasteiger partial charge on any atom is 0.270 e. The Hall–Kier alpha value is -3.54. The Labute approximate surface area is 157 Å². The molecule has 0 aliphatic carbocycles. The van der Waals surface area contributed by atoms with Crippen LogP contribution in [-0.4, -0.2) is 28.3 Å². The molecule has 0 aliphatic rings. The molecule has 0 bridgehead atoms. The monoisotopic (exact) mass is 360 g/mol. The van der Waals surface area contributed by atoms with E-state index in [1.165, 1.54) is 0 Å². The van der Waals surface area contributed by atoms with E-state index in [-0.39, 0.29) is 23.2 Å². The Morgan fingerprint density at radius 3 is 2.11 bits per heavy atom. The second kappa shape index (κ2) is 9.24. The van der Waals surface area contributed by atoms with E-state index in [2.05, 4.69) is 20.6 Å². The summed E-state index contributed by atoms with van der Waals surface area (Å²) >= 11 is 0. The molecule has 0 saturated heterocycles. The number of amides is 2. The normalized spacial score (nSPS) is 10.2. The first-order chi connectivity index (χ1) is 13.2. The molecule has 2 aromatic heterocycles. The van der Waals surface area contributed by atoms with Crippen LogP contribution >= 0.6 is 0 Å². The van der Waals surface area contributed by atoms with E-state index in [1.54, 1.807) is 30.6 Å². The lowest BCUT2D eigenvalue weighted by atomic mass is 10.1. The molecule has 0 radical (unpaired) electrons. The number of aromatic nitrogens is 2. The zero-order valence-electron chi connectivity index (χ0n) is 14.8. The van der Waals surface area contributed by atoms with Gasteiger partial charge in [-0.15, -0.1) is 0 Å². The van der Waals surface area contributed by atoms with Crippen LogP contribution in [0.2, 0.25) is 0 Å². The predicted molar refractivity (Wildman–Crippen MR) is 102 cm³/mol. The number of rotatable bonds is 7. The van der Waals surface area contributed by atoms with Crippen LogP contribution in [0.5, 0.6) is 0 Å². The van der Waals surface area contributed by atoms with E-state index in [4.69, 9.17) is 0 Å². The first-order valence-corrected chi connectivity index (χ1v) is 8.68. The summed E-state index contributed by atoms with van der Waals surface area (Å²) in [7, 11) is 0. The predicted octanol–water partition coefficient (Wildman–Crippen LogP) is 2.38. The van der Waals surface area contributed by atoms with Crippen LogP contribution in [0.15, 0.2) is 73.1 Å². The minimum atomic E-state index is -0.328. The van der Waals surface area contributed by atoms with Crippen LogP contribution in [0.1, 0.15) is 32.1 Å². The first kappa shape index (κ1) is 18.3. The van der Waals surface area contributed by atoms with Gasteiger partial charge < -0.3 is 10.6 Å².